The maximum Gasteiger partial charge on any atom is 0.338 e. The summed E-state index contributed by atoms with van der Waals surface area (Å²) in [4.78, 5) is 61.8. The molecule has 1 aromatic carbocycles. The van der Waals surface area contributed by atoms with Crippen molar-refractivity contribution in [1.29, 1.82) is 0 Å². The van der Waals surface area contributed by atoms with Gasteiger partial charge in [0.15, 0.2) is 12.3 Å². The molecule has 36 heavy (non-hydrogen) atoms. The number of aliphatic hydroxyl groups excluding tert-OH is 1. The van der Waals surface area contributed by atoms with Crippen LogP contribution < -0.4 is 21.0 Å². The second-order valence-corrected chi connectivity index (χ2v) is 10.4. The van der Waals surface area contributed by atoms with E-state index in [0.717, 1.165) is 16.8 Å². The molecule has 17 heteroatoms. The highest BCUT2D eigenvalue weighted by molar-refractivity contribution is 7.59. The summed E-state index contributed by atoms with van der Waals surface area (Å²) in [6.45, 7) is 0.274. The van der Waals surface area contributed by atoms with Crippen LogP contribution in [0.15, 0.2) is 52.2 Å². The molecule has 1 fully saturated rings. The molecule has 3 rings (SSSR count). The fourth-order valence-corrected chi connectivity index (χ4v) is 5.23. The van der Waals surface area contributed by atoms with Gasteiger partial charge in [0, 0.05) is 12.3 Å². The Bertz CT molecular complexity index is 1260. The summed E-state index contributed by atoms with van der Waals surface area (Å²) in [5.74, 6) is -0.898. The lowest BCUT2D eigenvalue weighted by atomic mass is 10.1. The number of rotatable bonds is 11. The number of hydrogen-bond donors (Lipinski definition) is 2. The number of nitrogens with one attached hydrogen (secondary N) is 1. The van der Waals surface area contributed by atoms with Gasteiger partial charge in [-0.1, -0.05) is 25.1 Å². The molecular weight excluding hydrogens is 526 g/mol. The zero-order valence-corrected chi connectivity index (χ0v) is 20.4. The Morgan fingerprint density at radius 2 is 1.81 bits per heavy atom. The number of aromatic amines is 1. The van der Waals surface area contributed by atoms with Gasteiger partial charge < -0.3 is 33.4 Å². The third-order valence-corrected chi connectivity index (χ3v) is 7.31. The van der Waals surface area contributed by atoms with Crippen molar-refractivity contribution in [2.75, 3.05) is 13.2 Å². The summed E-state index contributed by atoms with van der Waals surface area (Å²) in [6, 6.07) is 8.60. The Labute approximate surface area is 203 Å². The van der Waals surface area contributed by atoms with E-state index in [9.17, 15) is 38.4 Å². The molecule has 0 spiro atoms. The number of benzene rings is 1. The molecule has 0 radical (unpaired) electrons. The topological polar surface area (TPSA) is 219 Å². The van der Waals surface area contributed by atoms with E-state index in [4.69, 9.17) is 9.47 Å². The number of phosphoric ester groups is 2. The van der Waals surface area contributed by atoms with Crippen molar-refractivity contribution in [1.82, 2.24) is 9.55 Å². The number of aliphatic hydroxyl groups is 1. The molecule has 2 heterocycles. The van der Waals surface area contributed by atoms with Gasteiger partial charge in [-0.2, -0.15) is 0 Å². The largest absolute Gasteiger partial charge is 0.756 e. The van der Waals surface area contributed by atoms with Crippen LogP contribution in [0.5, 0.6) is 0 Å². The number of phosphoric acid groups is 2. The van der Waals surface area contributed by atoms with Crippen molar-refractivity contribution >= 4 is 21.6 Å². The van der Waals surface area contributed by atoms with Crippen LogP contribution in [-0.2, 0) is 32.0 Å². The molecule has 1 aliphatic rings. The number of H-pyrrole nitrogens is 1. The minimum absolute atomic E-state index is 0.104. The van der Waals surface area contributed by atoms with Gasteiger partial charge in [0.2, 0.25) is 0 Å². The molecule has 0 aliphatic carbocycles. The first-order valence-corrected chi connectivity index (χ1v) is 13.4. The molecule has 2 N–H and O–H groups in total. The molecule has 1 aliphatic heterocycles. The second kappa shape index (κ2) is 11.7. The zero-order valence-electron chi connectivity index (χ0n) is 18.7. The Kier molecular flexibility index (Phi) is 9.17. The first-order valence-electron chi connectivity index (χ1n) is 10.5. The van der Waals surface area contributed by atoms with Crippen molar-refractivity contribution in [3.8, 4) is 0 Å². The Hall–Kier alpha value is -2.45. The Morgan fingerprint density at radius 1 is 1.14 bits per heavy atom. The fourth-order valence-electron chi connectivity index (χ4n) is 3.14. The number of carbonyl (C=O) groups excluding carboxylic acids is 1. The van der Waals surface area contributed by atoms with E-state index in [0.29, 0.717) is 0 Å². The van der Waals surface area contributed by atoms with Gasteiger partial charge in [-0.3, -0.25) is 23.5 Å². The number of nitrogens with zero attached hydrogens (tertiary/aromatic N) is 1. The molecule has 2 aromatic rings. The first-order chi connectivity index (χ1) is 16.9. The van der Waals surface area contributed by atoms with Crippen LogP contribution in [-0.4, -0.2) is 52.2 Å². The summed E-state index contributed by atoms with van der Waals surface area (Å²) in [7, 11) is -10.7. The zero-order chi connectivity index (χ0) is 26.5. The summed E-state index contributed by atoms with van der Waals surface area (Å²) in [5, 5.41) is 10.7. The van der Waals surface area contributed by atoms with Crippen LogP contribution in [0.1, 0.15) is 29.9 Å². The molecular formula is C19H22N2O13P2-2. The number of carbonyl (C=O) groups is 1. The third-order valence-electron chi connectivity index (χ3n) is 4.74. The number of ether oxygens (including phenoxy) is 2. The Morgan fingerprint density at radius 3 is 2.44 bits per heavy atom. The highest BCUT2D eigenvalue weighted by Gasteiger charge is 2.48. The highest BCUT2D eigenvalue weighted by Crippen LogP contribution is 2.55. The van der Waals surface area contributed by atoms with Crippen LogP contribution in [0.4, 0.5) is 0 Å². The molecule has 198 valence electrons. The maximum absolute atomic E-state index is 12.6. The van der Waals surface area contributed by atoms with E-state index in [1.165, 1.54) is 12.1 Å². The monoisotopic (exact) mass is 548 g/mol. The van der Waals surface area contributed by atoms with E-state index in [-0.39, 0.29) is 18.6 Å². The van der Waals surface area contributed by atoms with Crippen molar-refractivity contribution < 1.29 is 51.6 Å². The molecule has 0 amide bonds. The smallest absolute Gasteiger partial charge is 0.338 e. The molecule has 1 aromatic heterocycles. The predicted molar refractivity (Wildman–Crippen MR) is 115 cm³/mol. The molecule has 3 unspecified atom stereocenters. The van der Waals surface area contributed by atoms with Gasteiger partial charge >= 0.3 is 11.7 Å². The van der Waals surface area contributed by atoms with Crippen LogP contribution in [0.3, 0.4) is 0 Å². The van der Waals surface area contributed by atoms with Gasteiger partial charge in [-0.05, 0) is 18.6 Å². The SMILES string of the molecule is CCCOP(=O)([O-])OP(=O)([O-])OC[C@H]1O[C@@H](n2ccc(=O)[nH]c2=O)C(OC(=O)c2ccccc2)[C@H]1O. The van der Waals surface area contributed by atoms with Crippen molar-refractivity contribution in [3.05, 3.63) is 69.0 Å². The summed E-state index contributed by atoms with van der Waals surface area (Å²) in [5.41, 5.74) is -1.60. The number of esters is 1. The van der Waals surface area contributed by atoms with Crippen molar-refractivity contribution in [2.45, 2.75) is 37.9 Å². The lowest BCUT2D eigenvalue weighted by Gasteiger charge is -2.31. The van der Waals surface area contributed by atoms with E-state index in [1.54, 1.807) is 25.1 Å². The van der Waals surface area contributed by atoms with E-state index < -0.39 is 64.0 Å². The molecule has 0 saturated carbocycles. The lowest BCUT2D eigenvalue weighted by Crippen LogP contribution is -2.40. The molecule has 15 nitrogen and oxygen atoms in total. The maximum atomic E-state index is 12.6. The van der Waals surface area contributed by atoms with E-state index >= 15 is 0 Å². The van der Waals surface area contributed by atoms with Gasteiger partial charge in [0.25, 0.3) is 21.2 Å². The standard InChI is InChI=1S/C19H24N2O13P2/c1-2-10-30-35(26,27)34-36(28,29)31-11-13-15(23)16(33-18(24)12-6-4-3-5-7-12)17(32-13)21-9-8-14(22)20-19(21)25/h3-9,13,15-17,23H,2,10-11H2,1H3,(H,26,27)(H,28,29)(H,20,22,25)/p-2/t13-,15+,16?,17-/m1/s1. The molecule has 0 bridgehead atoms. The average molecular weight is 548 g/mol. The first kappa shape index (κ1) is 28.1. The van der Waals surface area contributed by atoms with Gasteiger partial charge in [-0.25, -0.2) is 13.9 Å². The predicted octanol–water partition coefficient (Wildman–Crippen LogP) is -0.583. The average Bonchev–Trinajstić information content (AvgIpc) is 3.11. The van der Waals surface area contributed by atoms with Gasteiger partial charge in [0.1, 0.15) is 12.2 Å². The highest BCUT2D eigenvalue weighted by atomic mass is 31.3. The van der Waals surface area contributed by atoms with E-state index in [2.05, 4.69) is 13.4 Å². The summed E-state index contributed by atoms with van der Waals surface area (Å²) in [6.07, 6.45) is -5.11. The van der Waals surface area contributed by atoms with Crippen LogP contribution in [0.2, 0.25) is 0 Å². The van der Waals surface area contributed by atoms with Crippen LogP contribution in [0, 0.1) is 0 Å². The summed E-state index contributed by atoms with van der Waals surface area (Å²) < 4.78 is 48.0. The van der Waals surface area contributed by atoms with E-state index in [1.807, 2.05) is 4.98 Å². The van der Waals surface area contributed by atoms with Crippen LogP contribution in [0.25, 0.3) is 0 Å². The van der Waals surface area contributed by atoms with Gasteiger partial charge in [-0.15, -0.1) is 0 Å². The van der Waals surface area contributed by atoms with Gasteiger partial charge in [0.05, 0.1) is 18.8 Å². The quantitative estimate of drug-likeness (QED) is 0.265. The minimum Gasteiger partial charge on any atom is -0.756 e. The summed E-state index contributed by atoms with van der Waals surface area (Å²) >= 11 is 0. The fraction of sp³-hybridized carbons (Fsp3) is 0.421. The number of hydrogen-bond acceptors (Lipinski definition) is 13. The third kappa shape index (κ3) is 7.29. The van der Waals surface area contributed by atoms with Crippen molar-refractivity contribution in [3.63, 3.8) is 0 Å². The number of aromatic nitrogens is 2. The van der Waals surface area contributed by atoms with Crippen LogP contribution >= 0.6 is 15.6 Å². The molecule has 1 saturated heterocycles. The lowest BCUT2D eigenvalue weighted by molar-refractivity contribution is -0.245. The normalized spacial score (nSPS) is 25.1. The minimum atomic E-state index is -5.50. The van der Waals surface area contributed by atoms with Crippen molar-refractivity contribution in [2.24, 2.45) is 0 Å². The molecule has 6 atom stereocenters. The Balaban J connectivity index is 1.79. The second-order valence-electron chi connectivity index (χ2n) is 7.41.